The molecule has 12 nitrogen and oxygen atoms in total. The summed E-state index contributed by atoms with van der Waals surface area (Å²) < 4.78 is 13.6. The van der Waals surface area contributed by atoms with Crippen molar-refractivity contribution in [2.45, 2.75) is 26.1 Å². The summed E-state index contributed by atoms with van der Waals surface area (Å²) in [5.41, 5.74) is -0.0631. The summed E-state index contributed by atoms with van der Waals surface area (Å²) in [5, 5.41) is 3.37. The van der Waals surface area contributed by atoms with Gasteiger partial charge in [-0.1, -0.05) is 23.7 Å². The Labute approximate surface area is 215 Å². The lowest BCUT2D eigenvalue weighted by Crippen LogP contribution is -2.57. The van der Waals surface area contributed by atoms with Gasteiger partial charge >= 0.3 is 17.3 Å². The number of carbonyl (C=O) groups is 1. The lowest BCUT2D eigenvalue weighted by atomic mass is 10.2. The molecule has 3 N–H and O–H groups in total. The first kappa shape index (κ1) is 25.5. The first-order valence-electron chi connectivity index (χ1n) is 11.2. The number of methoxy groups -OCH3 is 1. The highest BCUT2D eigenvalue weighted by atomic mass is 35.5. The average Bonchev–Trinajstić information content (AvgIpc) is 2.91. The Bertz CT molecular complexity index is 1550. The maximum absolute atomic E-state index is 13.1. The van der Waals surface area contributed by atoms with Crippen molar-refractivity contribution in [3.63, 3.8) is 0 Å². The molecule has 4 rings (SSSR count). The van der Waals surface area contributed by atoms with Crippen molar-refractivity contribution in [3.05, 3.63) is 97.7 Å². The van der Waals surface area contributed by atoms with Crippen molar-refractivity contribution in [1.29, 1.82) is 0 Å². The summed E-state index contributed by atoms with van der Waals surface area (Å²) in [4.78, 5) is 46.0. The van der Waals surface area contributed by atoms with E-state index in [0.29, 0.717) is 22.3 Å². The van der Waals surface area contributed by atoms with Crippen molar-refractivity contribution in [1.82, 2.24) is 19.1 Å². The third-order valence-electron chi connectivity index (χ3n) is 5.41. The Morgan fingerprint density at radius 2 is 1.81 bits per heavy atom. The standard InChI is InChI=1S/C24H24ClN7O5/c1-3-30-23(34)31(13-15-4-6-16(25)7-5-15)22(32(26)24(30)35)29-17-8-10-18(11-9-17)37-20-12-19(21(33)36-2)27-14-28-20/h4-12,14,19H,3,13,26H2,1-2H3,(H,27,28). The fourth-order valence-corrected chi connectivity index (χ4v) is 3.64. The van der Waals surface area contributed by atoms with E-state index in [0.717, 1.165) is 14.8 Å². The number of benzene rings is 2. The van der Waals surface area contributed by atoms with Gasteiger partial charge in [0.2, 0.25) is 5.62 Å². The topological polar surface area (TPSA) is 147 Å². The van der Waals surface area contributed by atoms with Crippen molar-refractivity contribution in [2.75, 3.05) is 13.0 Å². The molecule has 0 aliphatic carbocycles. The van der Waals surface area contributed by atoms with Crippen LogP contribution in [0.5, 0.6) is 5.75 Å². The van der Waals surface area contributed by atoms with Gasteiger partial charge in [-0.15, -0.1) is 0 Å². The van der Waals surface area contributed by atoms with Crippen molar-refractivity contribution < 1.29 is 14.3 Å². The van der Waals surface area contributed by atoms with E-state index in [1.54, 1.807) is 55.5 Å². The highest BCUT2D eigenvalue weighted by Crippen LogP contribution is 2.20. The van der Waals surface area contributed by atoms with Crippen molar-refractivity contribution in [3.8, 4) is 5.75 Å². The van der Waals surface area contributed by atoms with Gasteiger partial charge in [0.1, 0.15) is 5.75 Å². The largest absolute Gasteiger partial charge is 0.467 e. The normalized spacial score (nSPS) is 15.2. The molecule has 192 valence electrons. The van der Waals surface area contributed by atoms with E-state index < -0.39 is 23.4 Å². The molecule has 1 aliphatic rings. The molecule has 13 heteroatoms. The monoisotopic (exact) mass is 525 g/mol. The number of aromatic nitrogens is 3. The van der Waals surface area contributed by atoms with Crippen molar-refractivity contribution in [2.24, 2.45) is 9.98 Å². The molecule has 37 heavy (non-hydrogen) atoms. The van der Waals surface area contributed by atoms with E-state index in [-0.39, 0.29) is 18.7 Å². The van der Waals surface area contributed by atoms with E-state index in [9.17, 15) is 14.4 Å². The van der Waals surface area contributed by atoms with E-state index >= 15 is 0 Å². The minimum Gasteiger partial charge on any atom is -0.467 e. The highest BCUT2D eigenvalue weighted by Gasteiger charge is 2.19. The summed E-state index contributed by atoms with van der Waals surface area (Å²) >= 11 is 5.98. The number of ether oxygens (including phenoxy) is 2. The molecular formula is C24H24ClN7O5. The summed E-state index contributed by atoms with van der Waals surface area (Å²) in [6, 6.07) is 12.7. The Morgan fingerprint density at radius 3 is 2.46 bits per heavy atom. The van der Waals surface area contributed by atoms with E-state index in [4.69, 9.17) is 26.9 Å². The molecule has 0 saturated carbocycles. The molecule has 2 heterocycles. The van der Waals surface area contributed by atoms with Crippen LogP contribution in [-0.2, 0) is 22.6 Å². The Morgan fingerprint density at radius 1 is 1.11 bits per heavy atom. The maximum Gasteiger partial charge on any atom is 0.353 e. The predicted octanol–water partition coefficient (Wildman–Crippen LogP) is 0.873. The number of nitrogens with two attached hydrogens (primary N) is 1. The van der Waals surface area contributed by atoms with Crippen LogP contribution in [0.3, 0.4) is 0 Å². The first-order valence-corrected chi connectivity index (χ1v) is 11.5. The zero-order valence-electron chi connectivity index (χ0n) is 20.0. The van der Waals surface area contributed by atoms with Gasteiger partial charge in [0.15, 0.2) is 11.9 Å². The summed E-state index contributed by atoms with van der Waals surface area (Å²) in [6.45, 7) is 1.95. The number of aliphatic imine (C=N–C) groups is 1. The third-order valence-corrected chi connectivity index (χ3v) is 5.67. The van der Waals surface area contributed by atoms with Crippen LogP contribution in [0.2, 0.25) is 5.02 Å². The zero-order valence-corrected chi connectivity index (χ0v) is 20.8. The van der Waals surface area contributed by atoms with Crippen LogP contribution in [0.15, 0.2) is 80.1 Å². The van der Waals surface area contributed by atoms with Gasteiger partial charge in [0.05, 0.1) is 25.7 Å². The van der Waals surface area contributed by atoms with Crippen LogP contribution in [0.4, 0.5) is 5.69 Å². The van der Waals surface area contributed by atoms with Gasteiger partial charge in [-0.3, -0.25) is 9.56 Å². The molecule has 0 amide bonds. The minimum atomic E-state index is -0.807. The summed E-state index contributed by atoms with van der Waals surface area (Å²) in [5.74, 6) is 6.30. The number of hydrogen-bond acceptors (Lipinski definition) is 9. The Hall–Kier alpha value is -4.58. The second kappa shape index (κ2) is 11.0. The fourth-order valence-electron chi connectivity index (χ4n) is 3.51. The van der Waals surface area contributed by atoms with Gasteiger partial charge in [-0.05, 0) is 48.9 Å². The van der Waals surface area contributed by atoms with Gasteiger partial charge in [0, 0.05) is 17.6 Å². The molecule has 0 fully saturated rings. The average molecular weight is 526 g/mol. The number of esters is 1. The van der Waals surface area contributed by atoms with Gasteiger partial charge in [0.25, 0.3) is 0 Å². The van der Waals surface area contributed by atoms with Crippen LogP contribution in [0.1, 0.15) is 12.5 Å². The Balaban J connectivity index is 1.68. The number of nitrogen functional groups attached to an aromatic ring is 1. The lowest BCUT2D eigenvalue weighted by Gasteiger charge is -2.16. The molecule has 0 saturated heterocycles. The molecule has 1 aliphatic heterocycles. The summed E-state index contributed by atoms with van der Waals surface area (Å²) in [7, 11) is 1.28. The first-order chi connectivity index (χ1) is 17.8. The molecule has 1 unspecified atom stereocenters. The van der Waals surface area contributed by atoms with Crippen LogP contribution in [0.25, 0.3) is 0 Å². The Kier molecular flexibility index (Phi) is 7.58. The van der Waals surface area contributed by atoms with Gasteiger partial charge in [-0.2, -0.15) is 4.68 Å². The number of hydrogen-bond donors (Lipinski definition) is 2. The smallest absolute Gasteiger partial charge is 0.353 e. The van der Waals surface area contributed by atoms with Gasteiger partial charge in [-0.25, -0.2) is 23.9 Å². The number of rotatable bonds is 7. The quantitative estimate of drug-likeness (QED) is 0.343. The van der Waals surface area contributed by atoms with Gasteiger partial charge < -0.3 is 20.6 Å². The molecule has 1 atom stereocenters. The fraction of sp³-hybridized carbons (Fsp3) is 0.208. The van der Waals surface area contributed by atoms with Crippen LogP contribution in [-0.4, -0.2) is 39.3 Å². The minimum absolute atomic E-state index is 0.0305. The number of carbonyl (C=O) groups excluding carboxylic acids is 1. The number of halogens is 1. The van der Waals surface area contributed by atoms with E-state index in [1.807, 2.05) is 0 Å². The molecule has 0 bridgehead atoms. The molecule has 3 aromatic rings. The number of nitrogens with one attached hydrogen (secondary N) is 1. The third kappa shape index (κ3) is 5.64. The van der Waals surface area contributed by atoms with Crippen LogP contribution >= 0.6 is 11.6 Å². The lowest BCUT2D eigenvalue weighted by molar-refractivity contribution is -0.140. The SMILES string of the molecule is CCn1c(=O)n(N)c(=Nc2ccc(OC3=CC(C(=O)OC)N=CN3)cc2)n(Cc2ccc(Cl)cc2)c1=O. The van der Waals surface area contributed by atoms with Crippen molar-refractivity contribution >= 4 is 29.6 Å². The molecule has 2 aromatic carbocycles. The molecule has 0 radical (unpaired) electrons. The van der Waals surface area contributed by atoms with E-state index in [2.05, 4.69) is 15.3 Å². The van der Waals surface area contributed by atoms with E-state index in [1.165, 1.54) is 24.1 Å². The zero-order chi connectivity index (χ0) is 26.5. The number of nitrogens with zero attached hydrogens (tertiary/aromatic N) is 5. The molecule has 0 spiro atoms. The maximum atomic E-state index is 13.1. The molecule has 1 aromatic heterocycles. The second-order valence-electron chi connectivity index (χ2n) is 7.82. The highest BCUT2D eigenvalue weighted by molar-refractivity contribution is 6.30. The summed E-state index contributed by atoms with van der Waals surface area (Å²) in [6.07, 6.45) is 2.83. The molecular weight excluding hydrogens is 502 g/mol. The van der Waals surface area contributed by atoms with Crippen LogP contribution in [0, 0.1) is 0 Å². The van der Waals surface area contributed by atoms with Crippen LogP contribution < -0.4 is 32.9 Å². The second-order valence-corrected chi connectivity index (χ2v) is 8.26. The predicted molar refractivity (Wildman–Crippen MR) is 137 cm³/mol.